The van der Waals surface area contributed by atoms with Gasteiger partial charge in [0.25, 0.3) is 5.91 Å². The van der Waals surface area contributed by atoms with Crippen molar-refractivity contribution in [1.82, 2.24) is 5.01 Å². The van der Waals surface area contributed by atoms with Crippen molar-refractivity contribution in [2.24, 2.45) is 10.1 Å². The Morgan fingerprint density at radius 2 is 1.91 bits per heavy atom. The lowest BCUT2D eigenvalue weighted by molar-refractivity contribution is -0.114. The number of hydrogen-bond acceptors (Lipinski definition) is 8. The number of sulfone groups is 1. The van der Waals surface area contributed by atoms with Crippen molar-refractivity contribution >= 4 is 49.0 Å². The van der Waals surface area contributed by atoms with E-state index in [0.29, 0.717) is 17.1 Å². The molecule has 2 heterocycles. The van der Waals surface area contributed by atoms with Crippen LogP contribution in [0.5, 0.6) is 11.5 Å². The number of fused-ring (bicyclic) bond motifs is 1. The van der Waals surface area contributed by atoms with Crippen molar-refractivity contribution in [3.05, 3.63) is 65.0 Å². The zero-order valence-electron chi connectivity index (χ0n) is 18.1. The van der Waals surface area contributed by atoms with E-state index in [4.69, 9.17) is 14.9 Å². The molecular weight excluding hydrogens is 483 g/mol. The predicted octanol–water partition coefficient (Wildman–Crippen LogP) is 3.42. The highest BCUT2D eigenvalue weighted by Crippen LogP contribution is 2.33. The quantitative estimate of drug-likeness (QED) is 0.601. The summed E-state index contributed by atoms with van der Waals surface area (Å²) in [7, 11) is -2.14. The molecule has 0 aliphatic carbocycles. The topological polar surface area (TPSA) is 121 Å². The molecule has 0 saturated heterocycles. The minimum atomic E-state index is -3.60. The summed E-state index contributed by atoms with van der Waals surface area (Å²) in [6, 6.07) is 10.9. The van der Waals surface area contributed by atoms with Crippen LogP contribution in [-0.2, 0) is 21.2 Å². The minimum Gasteiger partial charge on any atom is -0.493 e. The number of carbonyl (C=O) groups excluding carboxylic acids is 1. The molecule has 2 aromatic carbocycles. The van der Waals surface area contributed by atoms with Gasteiger partial charge in [-0.3, -0.25) is 10.2 Å². The third kappa shape index (κ3) is 4.73. The lowest BCUT2D eigenvalue weighted by Crippen LogP contribution is -2.35. The molecule has 0 atom stereocenters. The molecule has 2 aromatic rings. The molecule has 0 saturated carbocycles. The summed E-state index contributed by atoms with van der Waals surface area (Å²) in [4.78, 5) is 16.5. The molecule has 0 unspecified atom stereocenters. The van der Waals surface area contributed by atoms with E-state index in [0.717, 1.165) is 22.3 Å². The number of rotatable bonds is 6. The molecule has 34 heavy (non-hydrogen) atoms. The molecule has 1 N–H and O–H groups in total. The number of aliphatic imine (C=N–C) groups is 1. The maximum Gasteiger partial charge on any atom is 0.283 e. The third-order valence-corrected chi connectivity index (χ3v) is 7.98. The molecule has 2 aliphatic rings. The SMILES string of the molecule is CCS(=O)(=O)C1=NN2C(=N)/C(=C\c3ccc(OCc4ccc(F)cc4)c(OC)c3)C(=O)N=C2S1. The molecule has 4 rings (SSSR count). The maximum absolute atomic E-state index is 13.1. The first-order chi connectivity index (χ1) is 16.2. The molecule has 0 spiro atoms. The fourth-order valence-electron chi connectivity index (χ4n) is 3.03. The van der Waals surface area contributed by atoms with Gasteiger partial charge in [0.1, 0.15) is 12.4 Å². The Morgan fingerprint density at radius 1 is 1.18 bits per heavy atom. The number of carbonyl (C=O) groups is 1. The van der Waals surface area contributed by atoms with Crippen molar-refractivity contribution < 1.29 is 27.1 Å². The van der Waals surface area contributed by atoms with Crippen molar-refractivity contribution in [3.63, 3.8) is 0 Å². The smallest absolute Gasteiger partial charge is 0.283 e. The summed E-state index contributed by atoms with van der Waals surface area (Å²) in [5.41, 5.74) is 1.26. The number of hydrogen-bond donors (Lipinski definition) is 1. The fourth-order valence-corrected chi connectivity index (χ4v) is 5.19. The van der Waals surface area contributed by atoms with E-state index in [1.807, 2.05) is 0 Å². The van der Waals surface area contributed by atoms with Crippen LogP contribution in [0.4, 0.5) is 4.39 Å². The van der Waals surface area contributed by atoms with Gasteiger partial charge >= 0.3 is 0 Å². The lowest BCUT2D eigenvalue weighted by Gasteiger charge is -2.20. The summed E-state index contributed by atoms with van der Waals surface area (Å²) in [6.45, 7) is 1.69. The van der Waals surface area contributed by atoms with Crippen LogP contribution >= 0.6 is 11.8 Å². The summed E-state index contributed by atoms with van der Waals surface area (Å²) in [5, 5.41) is 13.4. The average molecular weight is 503 g/mol. The fraction of sp³-hybridized carbons (Fsp3) is 0.182. The number of methoxy groups -OCH3 is 1. The van der Waals surface area contributed by atoms with E-state index in [1.54, 1.807) is 30.3 Å². The number of benzene rings is 2. The second-order valence-electron chi connectivity index (χ2n) is 7.11. The second kappa shape index (κ2) is 9.39. The van der Waals surface area contributed by atoms with Gasteiger partial charge < -0.3 is 9.47 Å². The Hall–Kier alpha value is -3.51. The van der Waals surface area contributed by atoms with E-state index in [1.165, 1.54) is 32.2 Å². The Bertz CT molecular complexity index is 1370. The van der Waals surface area contributed by atoms with Gasteiger partial charge in [-0.25, -0.2) is 12.8 Å². The molecule has 1 amide bonds. The van der Waals surface area contributed by atoms with Gasteiger partial charge in [-0.05, 0) is 53.2 Å². The summed E-state index contributed by atoms with van der Waals surface area (Å²) in [6.07, 6.45) is 1.45. The second-order valence-corrected chi connectivity index (χ2v) is 10.5. The van der Waals surface area contributed by atoms with Gasteiger partial charge in [-0.2, -0.15) is 10.0 Å². The molecule has 9 nitrogen and oxygen atoms in total. The van der Waals surface area contributed by atoms with Crippen LogP contribution in [0.3, 0.4) is 0 Å². The highest BCUT2D eigenvalue weighted by atomic mass is 32.3. The Balaban J connectivity index is 1.57. The predicted molar refractivity (Wildman–Crippen MR) is 128 cm³/mol. The number of hydrazone groups is 1. The largest absolute Gasteiger partial charge is 0.493 e. The number of nitrogens with one attached hydrogen (secondary N) is 1. The van der Waals surface area contributed by atoms with Gasteiger partial charge in [-0.15, -0.1) is 5.10 Å². The molecule has 0 aromatic heterocycles. The minimum absolute atomic E-state index is 0.0290. The number of thioether (sulfide) groups is 1. The molecule has 2 aliphatic heterocycles. The number of halogens is 1. The van der Waals surface area contributed by atoms with Crippen molar-refractivity contribution in [3.8, 4) is 11.5 Å². The monoisotopic (exact) mass is 502 g/mol. The standard InChI is InChI=1S/C22H19FN4O5S2/c1-3-34(29,30)22-26-27-19(24)16(20(28)25-21(27)33-22)10-14-6-9-17(18(11-14)31-2)32-12-13-4-7-15(23)8-5-13/h4-11,24H,3,12H2,1-2H3/b16-10+,24-19?. The first-order valence-corrected chi connectivity index (χ1v) is 12.5. The van der Waals surface area contributed by atoms with Crippen LogP contribution in [0, 0.1) is 11.2 Å². The number of ether oxygens (including phenoxy) is 2. The molecule has 0 bridgehead atoms. The van der Waals surface area contributed by atoms with E-state index in [9.17, 15) is 17.6 Å². The molecule has 176 valence electrons. The van der Waals surface area contributed by atoms with E-state index in [-0.39, 0.29) is 39.1 Å². The van der Waals surface area contributed by atoms with Gasteiger partial charge in [0.15, 0.2) is 17.3 Å². The Labute approximate surface area is 199 Å². The summed E-state index contributed by atoms with van der Waals surface area (Å²) in [5.74, 6) is -0.612. The van der Waals surface area contributed by atoms with Crippen LogP contribution in [0.1, 0.15) is 18.1 Å². The normalized spacial score (nSPS) is 16.9. The van der Waals surface area contributed by atoms with Gasteiger partial charge in [0, 0.05) is 0 Å². The van der Waals surface area contributed by atoms with Crippen molar-refractivity contribution in [2.75, 3.05) is 12.9 Å². The summed E-state index contributed by atoms with van der Waals surface area (Å²) < 4.78 is 48.3. The lowest BCUT2D eigenvalue weighted by atomic mass is 10.1. The van der Waals surface area contributed by atoms with Crippen LogP contribution in [-0.4, -0.2) is 47.6 Å². The molecule has 12 heteroatoms. The highest BCUT2D eigenvalue weighted by molar-refractivity contribution is 8.42. The third-order valence-electron chi connectivity index (χ3n) is 4.89. The van der Waals surface area contributed by atoms with Gasteiger partial charge in [0.05, 0.1) is 18.4 Å². The van der Waals surface area contributed by atoms with Crippen LogP contribution < -0.4 is 9.47 Å². The van der Waals surface area contributed by atoms with Crippen LogP contribution in [0.2, 0.25) is 0 Å². The maximum atomic E-state index is 13.1. The van der Waals surface area contributed by atoms with Crippen LogP contribution in [0.15, 0.2) is 58.1 Å². The zero-order valence-corrected chi connectivity index (χ0v) is 19.7. The summed E-state index contributed by atoms with van der Waals surface area (Å²) >= 11 is 0.746. The highest BCUT2D eigenvalue weighted by Gasteiger charge is 2.39. The van der Waals surface area contributed by atoms with Gasteiger partial charge in [0.2, 0.25) is 19.4 Å². The van der Waals surface area contributed by atoms with Crippen molar-refractivity contribution in [2.45, 2.75) is 13.5 Å². The number of amidine groups is 2. The average Bonchev–Trinajstić information content (AvgIpc) is 3.27. The van der Waals surface area contributed by atoms with Crippen molar-refractivity contribution in [1.29, 1.82) is 5.41 Å². The Kier molecular flexibility index (Phi) is 6.53. The van der Waals surface area contributed by atoms with Crippen LogP contribution in [0.25, 0.3) is 6.08 Å². The molecular formula is C22H19FN4O5S2. The Morgan fingerprint density at radius 3 is 2.59 bits per heavy atom. The number of nitrogens with zero attached hydrogens (tertiary/aromatic N) is 3. The van der Waals surface area contributed by atoms with Gasteiger partial charge in [-0.1, -0.05) is 25.1 Å². The molecule has 0 fully saturated rings. The number of amides is 1. The zero-order chi connectivity index (χ0) is 24.5. The van der Waals surface area contributed by atoms with E-state index >= 15 is 0 Å². The first-order valence-electron chi connectivity index (χ1n) is 10.00. The molecule has 0 radical (unpaired) electrons. The first kappa shape index (κ1) is 23.6. The van der Waals surface area contributed by atoms with E-state index in [2.05, 4.69) is 10.1 Å². The van der Waals surface area contributed by atoms with E-state index < -0.39 is 15.7 Å².